The van der Waals surface area contributed by atoms with Gasteiger partial charge < -0.3 is 14.8 Å². The third-order valence-corrected chi connectivity index (χ3v) is 4.32. The van der Waals surface area contributed by atoms with Crippen LogP contribution < -0.4 is 10.6 Å². The first-order valence-corrected chi connectivity index (χ1v) is 8.07. The molecule has 0 radical (unpaired) electrons. The van der Waals surface area contributed by atoms with Crippen LogP contribution in [0.3, 0.4) is 0 Å². The van der Waals surface area contributed by atoms with Crippen LogP contribution in [0.25, 0.3) is 10.2 Å². The summed E-state index contributed by atoms with van der Waals surface area (Å²) >= 11 is 1.34. The van der Waals surface area contributed by atoms with Crippen molar-refractivity contribution in [3.63, 3.8) is 0 Å². The van der Waals surface area contributed by atoms with Crippen LogP contribution in [0.4, 0.5) is 10.8 Å². The molecule has 0 spiro atoms. The predicted octanol–water partition coefficient (Wildman–Crippen LogP) is 2.00. The quantitative estimate of drug-likeness (QED) is 0.895. The molecule has 2 aromatic rings. The first kappa shape index (κ1) is 15.9. The first-order valence-electron chi connectivity index (χ1n) is 7.25. The summed E-state index contributed by atoms with van der Waals surface area (Å²) in [6, 6.07) is 5.40. The highest BCUT2D eigenvalue weighted by molar-refractivity contribution is 7.22. The molecule has 1 aromatic carbocycles. The van der Waals surface area contributed by atoms with Gasteiger partial charge in [-0.2, -0.15) is 0 Å². The zero-order valence-electron chi connectivity index (χ0n) is 12.8. The summed E-state index contributed by atoms with van der Waals surface area (Å²) in [6.07, 6.45) is -0.921. The monoisotopic (exact) mass is 335 g/mol. The molecule has 2 atom stereocenters. The molecule has 0 bridgehead atoms. The van der Waals surface area contributed by atoms with Crippen LogP contribution in [0.5, 0.6) is 0 Å². The van der Waals surface area contributed by atoms with Crippen molar-refractivity contribution >= 4 is 44.2 Å². The second kappa shape index (κ2) is 6.61. The van der Waals surface area contributed by atoms with Gasteiger partial charge in [0, 0.05) is 12.6 Å². The number of aromatic nitrogens is 1. The van der Waals surface area contributed by atoms with Crippen molar-refractivity contribution in [2.75, 3.05) is 23.8 Å². The highest BCUT2D eigenvalue weighted by Crippen LogP contribution is 2.28. The second-order valence-electron chi connectivity index (χ2n) is 5.24. The van der Waals surface area contributed by atoms with Crippen LogP contribution >= 0.6 is 11.3 Å². The van der Waals surface area contributed by atoms with Gasteiger partial charge in [0.1, 0.15) is 0 Å². The van der Waals surface area contributed by atoms with E-state index < -0.39 is 6.10 Å². The fourth-order valence-electron chi connectivity index (χ4n) is 2.36. The topological polar surface area (TPSA) is 89.6 Å². The largest absolute Gasteiger partial charge is 0.373 e. The van der Waals surface area contributed by atoms with Crippen LogP contribution in [0.1, 0.15) is 13.8 Å². The van der Waals surface area contributed by atoms with Gasteiger partial charge in [-0.25, -0.2) is 4.98 Å². The fraction of sp³-hybridized carbons (Fsp3) is 0.400. The van der Waals surface area contributed by atoms with E-state index in [9.17, 15) is 9.59 Å². The Labute approximate surface area is 137 Å². The Morgan fingerprint density at radius 2 is 2.04 bits per heavy atom. The van der Waals surface area contributed by atoms with E-state index in [0.717, 1.165) is 10.2 Å². The molecule has 23 heavy (non-hydrogen) atoms. The second-order valence-corrected chi connectivity index (χ2v) is 6.27. The highest BCUT2D eigenvalue weighted by Gasteiger charge is 2.30. The number of nitrogens with zero attached hydrogens (tertiary/aromatic N) is 1. The summed E-state index contributed by atoms with van der Waals surface area (Å²) in [5, 5.41) is 5.98. The standard InChI is InChI=1S/C15H17N3O4S/c1-8-13(22-6-5-21-8)14(20)18-15-17-11-4-3-10(16-9(2)19)7-12(11)23-15/h3-4,7-8,13H,5-6H2,1-2H3,(H,16,19)(H,17,18,20)/t8-,13-/m0/s1. The number of amides is 2. The number of carbonyl (C=O) groups excluding carboxylic acids is 2. The zero-order chi connectivity index (χ0) is 16.4. The van der Waals surface area contributed by atoms with Crippen molar-refractivity contribution in [3.8, 4) is 0 Å². The van der Waals surface area contributed by atoms with Crippen molar-refractivity contribution in [2.24, 2.45) is 0 Å². The number of ether oxygens (including phenoxy) is 2. The number of fused-ring (bicyclic) bond motifs is 1. The molecule has 122 valence electrons. The van der Waals surface area contributed by atoms with E-state index >= 15 is 0 Å². The molecule has 2 heterocycles. The first-order chi connectivity index (χ1) is 11.0. The van der Waals surface area contributed by atoms with Crippen molar-refractivity contribution in [1.82, 2.24) is 4.98 Å². The Balaban J connectivity index is 1.75. The lowest BCUT2D eigenvalue weighted by molar-refractivity contribution is -0.157. The number of rotatable bonds is 3. The lowest BCUT2D eigenvalue weighted by atomic mass is 10.2. The minimum Gasteiger partial charge on any atom is -0.373 e. The molecule has 1 saturated heterocycles. The lowest BCUT2D eigenvalue weighted by Crippen LogP contribution is -2.44. The van der Waals surface area contributed by atoms with Gasteiger partial charge in [0.25, 0.3) is 5.91 Å². The summed E-state index contributed by atoms with van der Waals surface area (Å²) in [4.78, 5) is 27.7. The molecule has 1 aromatic heterocycles. The van der Waals surface area contributed by atoms with Gasteiger partial charge in [0.2, 0.25) is 5.91 Å². The van der Waals surface area contributed by atoms with Crippen molar-refractivity contribution in [3.05, 3.63) is 18.2 Å². The molecular formula is C15H17N3O4S. The number of hydrogen-bond acceptors (Lipinski definition) is 6. The van der Waals surface area contributed by atoms with Crippen LogP contribution in [0.15, 0.2) is 18.2 Å². The van der Waals surface area contributed by atoms with Crippen LogP contribution in [-0.2, 0) is 19.1 Å². The van der Waals surface area contributed by atoms with E-state index in [4.69, 9.17) is 9.47 Å². The average molecular weight is 335 g/mol. The number of carbonyl (C=O) groups is 2. The Morgan fingerprint density at radius 3 is 2.78 bits per heavy atom. The Morgan fingerprint density at radius 1 is 1.26 bits per heavy atom. The van der Waals surface area contributed by atoms with Crippen LogP contribution in [-0.4, -0.2) is 42.2 Å². The molecule has 0 aliphatic carbocycles. The maximum absolute atomic E-state index is 12.3. The molecule has 0 unspecified atom stereocenters. The van der Waals surface area contributed by atoms with E-state index in [0.29, 0.717) is 24.0 Å². The molecule has 8 heteroatoms. The lowest BCUT2D eigenvalue weighted by Gasteiger charge is -2.27. The van der Waals surface area contributed by atoms with Gasteiger partial charge in [-0.3, -0.25) is 14.9 Å². The van der Waals surface area contributed by atoms with Crippen LogP contribution in [0.2, 0.25) is 0 Å². The third kappa shape index (κ3) is 3.66. The smallest absolute Gasteiger partial charge is 0.257 e. The molecule has 3 rings (SSSR count). The number of hydrogen-bond donors (Lipinski definition) is 2. The number of nitrogens with one attached hydrogen (secondary N) is 2. The van der Waals surface area contributed by atoms with Gasteiger partial charge in [-0.05, 0) is 25.1 Å². The van der Waals surface area contributed by atoms with E-state index in [2.05, 4.69) is 15.6 Å². The molecule has 1 aliphatic rings. The minimum absolute atomic E-state index is 0.133. The summed E-state index contributed by atoms with van der Waals surface area (Å²) in [5.41, 5.74) is 1.46. The molecule has 7 nitrogen and oxygen atoms in total. The number of anilines is 2. The minimum atomic E-state index is -0.634. The summed E-state index contributed by atoms with van der Waals surface area (Å²) < 4.78 is 11.7. The summed E-state index contributed by atoms with van der Waals surface area (Å²) in [7, 11) is 0. The van der Waals surface area contributed by atoms with E-state index in [1.54, 1.807) is 12.1 Å². The number of thiazole rings is 1. The zero-order valence-corrected chi connectivity index (χ0v) is 13.6. The van der Waals surface area contributed by atoms with E-state index in [-0.39, 0.29) is 17.9 Å². The summed E-state index contributed by atoms with van der Waals surface area (Å²) in [5.74, 6) is -0.399. The van der Waals surface area contributed by atoms with Gasteiger partial charge in [0.05, 0.1) is 29.5 Å². The van der Waals surface area contributed by atoms with Gasteiger partial charge in [-0.15, -0.1) is 0 Å². The molecular weight excluding hydrogens is 318 g/mol. The van der Waals surface area contributed by atoms with Gasteiger partial charge in [0.15, 0.2) is 11.2 Å². The summed E-state index contributed by atoms with van der Waals surface area (Å²) in [6.45, 7) is 4.16. The molecule has 2 amide bonds. The van der Waals surface area contributed by atoms with Crippen molar-refractivity contribution in [2.45, 2.75) is 26.1 Å². The molecule has 0 saturated carbocycles. The normalized spacial score (nSPS) is 21.1. The molecule has 1 aliphatic heterocycles. The number of benzene rings is 1. The van der Waals surface area contributed by atoms with Crippen molar-refractivity contribution < 1.29 is 19.1 Å². The maximum Gasteiger partial charge on any atom is 0.257 e. The Kier molecular flexibility index (Phi) is 4.56. The van der Waals surface area contributed by atoms with E-state index in [1.807, 2.05) is 13.0 Å². The Bertz CT molecular complexity index is 745. The maximum atomic E-state index is 12.3. The SMILES string of the molecule is CC(=O)Nc1ccc2nc(NC(=O)[C@H]3OCCO[C@H]3C)sc2c1. The highest BCUT2D eigenvalue weighted by atomic mass is 32.1. The van der Waals surface area contributed by atoms with Gasteiger partial charge >= 0.3 is 0 Å². The Hall–Kier alpha value is -2.03. The van der Waals surface area contributed by atoms with E-state index in [1.165, 1.54) is 18.3 Å². The molecule has 2 N–H and O–H groups in total. The van der Waals surface area contributed by atoms with Gasteiger partial charge in [-0.1, -0.05) is 11.3 Å². The predicted molar refractivity (Wildman–Crippen MR) is 87.7 cm³/mol. The fourth-order valence-corrected chi connectivity index (χ4v) is 3.26. The molecule has 1 fully saturated rings. The van der Waals surface area contributed by atoms with Crippen molar-refractivity contribution in [1.29, 1.82) is 0 Å². The van der Waals surface area contributed by atoms with Crippen LogP contribution in [0, 0.1) is 0 Å². The average Bonchev–Trinajstić information content (AvgIpc) is 2.88. The third-order valence-electron chi connectivity index (χ3n) is 3.39.